The second-order valence-corrected chi connectivity index (χ2v) is 5.69. The van der Waals surface area contributed by atoms with E-state index in [4.69, 9.17) is 5.73 Å². The van der Waals surface area contributed by atoms with Gasteiger partial charge in [-0.05, 0) is 22.6 Å². The number of hydrogen-bond acceptors (Lipinski definition) is 4. The minimum atomic E-state index is 0.628. The maximum atomic E-state index is 5.86. The van der Waals surface area contributed by atoms with Crippen LogP contribution in [0.15, 0.2) is 23.6 Å². The lowest BCUT2D eigenvalue weighted by molar-refractivity contribution is 0.234. The molecule has 2 aromatic rings. The topological polar surface area (TPSA) is 41.3 Å². The van der Waals surface area contributed by atoms with Crippen LogP contribution in [0.4, 0.5) is 0 Å². The molecule has 0 amide bonds. The summed E-state index contributed by atoms with van der Waals surface area (Å²) in [4.78, 5) is 2.52. The SMILES string of the molecule is NCc1cccc2scc(CN3CCNCC3)c12. The van der Waals surface area contributed by atoms with Crippen LogP contribution in [0.3, 0.4) is 0 Å². The maximum Gasteiger partial charge on any atom is 0.0349 e. The van der Waals surface area contributed by atoms with Gasteiger partial charge in [-0.1, -0.05) is 12.1 Å². The van der Waals surface area contributed by atoms with Crippen molar-refractivity contribution >= 4 is 21.4 Å². The summed E-state index contributed by atoms with van der Waals surface area (Å²) in [7, 11) is 0. The first-order chi connectivity index (χ1) is 8.88. The number of rotatable bonds is 3. The highest BCUT2D eigenvalue weighted by molar-refractivity contribution is 7.17. The molecule has 1 aliphatic rings. The highest BCUT2D eigenvalue weighted by atomic mass is 32.1. The third-order valence-electron chi connectivity index (χ3n) is 3.59. The van der Waals surface area contributed by atoms with E-state index in [1.807, 2.05) is 11.3 Å². The molecule has 1 saturated heterocycles. The summed E-state index contributed by atoms with van der Waals surface area (Å²) in [5.41, 5.74) is 8.58. The maximum absolute atomic E-state index is 5.86. The predicted molar refractivity (Wildman–Crippen MR) is 77.9 cm³/mol. The monoisotopic (exact) mass is 261 g/mol. The smallest absolute Gasteiger partial charge is 0.0349 e. The molecule has 0 unspecified atom stereocenters. The quantitative estimate of drug-likeness (QED) is 0.884. The molecule has 3 nitrogen and oxygen atoms in total. The molecule has 0 saturated carbocycles. The van der Waals surface area contributed by atoms with Crippen molar-refractivity contribution in [3.05, 3.63) is 34.7 Å². The molecule has 0 atom stereocenters. The van der Waals surface area contributed by atoms with Crippen LogP contribution in [0.1, 0.15) is 11.1 Å². The third kappa shape index (κ3) is 2.29. The van der Waals surface area contributed by atoms with Gasteiger partial charge in [-0.2, -0.15) is 0 Å². The lowest BCUT2D eigenvalue weighted by Gasteiger charge is -2.27. The normalized spacial score (nSPS) is 17.4. The Kier molecular flexibility index (Phi) is 3.61. The van der Waals surface area contributed by atoms with Crippen molar-refractivity contribution in [2.75, 3.05) is 26.2 Å². The molecule has 96 valence electrons. The number of hydrogen-bond donors (Lipinski definition) is 2. The molecular formula is C14H19N3S. The van der Waals surface area contributed by atoms with Crippen molar-refractivity contribution in [2.45, 2.75) is 13.1 Å². The van der Waals surface area contributed by atoms with E-state index in [0.29, 0.717) is 6.54 Å². The van der Waals surface area contributed by atoms with Gasteiger partial charge < -0.3 is 11.1 Å². The van der Waals surface area contributed by atoms with Crippen LogP contribution >= 0.6 is 11.3 Å². The third-order valence-corrected chi connectivity index (χ3v) is 4.58. The van der Waals surface area contributed by atoms with E-state index in [2.05, 4.69) is 33.8 Å². The van der Waals surface area contributed by atoms with Gasteiger partial charge in [0.2, 0.25) is 0 Å². The Bertz CT molecular complexity index is 529. The first-order valence-electron chi connectivity index (χ1n) is 6.49. The molecule has 0 aliphatic carbocycles. The van der Waals surface area contributed by atoms with Gasteiger partial charge in [-0.3, -0.25) is 4.90 Å². The first-order valence-corrected chi connectivity index (χ1v) is 7.37. The highest BCUT2D eigenvalue weighted by Gasteiger charge is 2.14. The van der Waals surface area contributed by atoms with Gasteiger partial charge in [-0.15, -0.1) is 11.3 Å². The fourth-order valence-corrected chi connectivity index (χ4v) is 3.63. The van der Waals surface area contributed by atoms with Crippen molar-refractivity contribution in [1.82, 2.24) is 10.2 Å². The van der Waals surface area contributed by atoms with Crippen molar-refractivity contribution in [2.24, 2.45) is 5.73 Å². The van der Waals surface area contributed by atoms with Crippen LogP contribution < -0.4 is 11.1 Å². The van der Waals surface area contributed by atoms with Crippen molar-refractivity contribution < 1.29 is 0 Å². The van der Waals surface area contributed by atoms with Crippen molar-refractivity contribution in [3.8, 4) is 0 Å². The minimum absolute atomic E-state index is 0.628. The largest absolute Gasteiger partial charge is 0.326 e. The number of nitrogens with zero attached hydrogens (tertiary/aromatic N) is 1. The Morgan fingerprint density at radius 1 is 1.22 bits per heavy atom. The van der Waals surface area contributed by atoms with Crippen LogP contribution in [-0.2, 0) is 13.1 Å². The molecule has 0 radical (unpaired) electrons. The highest BCUT2D eigenvalue weighted by Crippen LogP contribution is 2.30. The van der Waals surface area contributed by atoms with Gasteiger partial charge in [0.25, 0.3) is 0 Å². The zero-order chi connectivity index (χ0) is 12.4. The van der Waals surface area contributed by atoms with Gasteiger partial charge in [0, 0.05) is 49.4 Å². The van der Waals surface area contributed by atoms with Crippen LogP contribution in [0.25, 0.3) is 10.1 Å². The Morgan fingerprint density at radius 2 is 2.06 bits per heavy atom. The average molecular weight is 261 g/mol. The van der Waals surface area contributed by atoms with E-state index in [1.165, 1.54) is 21.2 Å². The van der Waals surface area contributed by atoms with Crippen LogP contribution in [0.5, 0.6) is 0 Å². The molecule has 1 aromatic heterocycles. The molecule has 4 heteroatoms. The number of piperazine rings is 1. The molecule has 18 heavy (non-hydrogen) atoms. The lowest BCUT2D eigenvalue weighted by atomic mass is 10.1. The summed E-state index contributed by atoms with van der Waals surface area (Å²) in [6.45, 7) is 6.17. The standard InChI is InChI=1S/C14H19N3S/c15-8-11-2-1-3-13-14(11)12(10-18-13)9-17-6-4-16-5-7-17/h1-3,10,16H,4-9,15H2. The molecule has 2 heterocycles. The fourth-order valence-electron chi connectivity index (χ4n) is 2.63. The van der Waals surface area contributed by atoms with Gasteiger partial charge >= 0.3 is 0 Å². The molecule has 1 aromatic carbocycles. The van der Waals surface area contributed by atoms with E-state index in [1.54, 1.807) is 0 Å². The number of nitrogens with two attached hydrogens (primary N) is 1. The minimum Gasteiger partial charge on any atom is -0.326 e. The average Bonchev–Trinajstić information content (AvgIpc) is 2.83. The molecule has 3 rings (SSSR count). The molecule has 0 bridgehead atoms. The molecule has 0 spiro atoms. The van der Waals surface area contributed by atoms with Crippen LogP contribution in [-0.4, -0.2) is 31.1 Å². The Balaban J connectivity index is 1.91. The van der Waals surface area contributed by atoms with E-state index in [-0.39, 0.29) is 0 Å². The number of fused-ring (bicyclic) bond motifs is 1. The molecular weight excluding hydrogens is 242 g/mol. The molecule has 1 fully saturated rings. The zero-order valence-electron chi connectivity index (χ0n) is 10.5. The Morgan fingerprint density at radius 3 is 2.83 bits per heavy atom. The van der Waals surface area contributed by atoms with E-state index in [9.17, 15) is 0 Å². The second-order valence-electron chi connectivity index (χ2n) is 4.78. The molecule has 1 aliphatic heterocycles. The summed E-state index contributed by atoms with van der Waals surface area (Å²) in [5, 5.41) is 7.08. The Hall–Kier alpha value is -0.940. The van der Waals surface area contributed by atoms with E-state index >= 15 is 0 Å². The summed E-state index contributed by atoms with van der Waals surface area (Å²) in [5.74, 6) is 0. The number of nitrogens with one attached hydrogen (secondary N) is 1. The van der Waals surface area contributed by atoms with E-state index in [0.717, 1.165) is 32.7 Å². The molecule has 3 N–H and O–H groups in total. The summed E-state index contributed by atoms with van der Waals surface area (Å²) in [6.07, 6.45) is 0. The number of benzene rings is 1. The van der Waals surface area contributed by atoms with Crippen molar-refractivity contribution in [1.29, 1.82) is 0 Å². The van der Waals surface area contributed by atoms with Gasteiger partial charge in [-0.25, -0.2) is 0 Å². The number of thiophene rings is 1. The van der Waals surface area contributed by atoms with Crippen molar-refractivity contribution in [3.63, 3.8) is 0 Å². The van der Waals surface area contributed by atoms with Crippen LogP contribution in [0.2, 0.25) is 0 Å². The summed E-state index contributed by atoms with van der Waals surface area (Å²) in [6, 6.07) is 6.45. The predicted octanol–water partition coefficient (Wildman–Crippen LogP) is 1.77. The van der Waals surface area contributed by atoms with E-state index < -0.39 is 0 Å². The van der Waals surface area contributed by atoms with Gasteiger partial charge in [0.05, 0.1) is 0 Å². The second kappa shape index (κ2) is 5.36. The Labute approximate surface area is 112 Å². The lowest BCUT2D eigenvalue weighted by Crippen LogP contribution is -2.42. The van der Waals surface area contributed by atoms with Crippen LogP contribution in [0, 0.1) is 0 Å². The van der Waals surface area contributed by atoms with Gasteiger partial charge in [0.15, 0.2) is 0 Å². The first kappa shape index (κ1) is 12.1. The van der Waals surface area contributed by atoms with Gasteiger partial charge in [0.1, 0.15) is 0 Å². The fraction of sp³-hybridized carbons (Fsp3) is 0.429. The summed E-state index contributed by atoms with van der Waals surface area (Å²) < 4.78 is 1.36. The zero-order valence-corrected chi connectivity index (χ0v) is 11.3. The summed E-state index contributed by atoms with van der Waals surface area (Å²) >= 11 is 1.83.